The first-order valence-corrected chi connectivity index (χ1v) is 5.93. The zero-order chi connectivity index (χ0) is 13.9. The molecule has 98 valence electrons. The first-order chi connectivity index (χ1) is 8.38. The summed E-state index contributed by atoms with van der Waals surface area (Å²) in [5, 5.41) is 0. The number of ether oxygens (including phenoxy) is 1. The number of aromatic nitrogens is 1. The number of Topliss-reactive ketones (excluding diaryl/α,β-unsaturated/α-hetero) is 1. The summed E-state index contributed by atoms with van der Waals surface area (Å²) in [6, 6.07) is 1.88. The Bertz CT molecular complexity index is 466. The first kappa shape index (κ1) is 14.4. The number of hydrogen-bond acceptors (Lipinski definition) is 4. The van der Waals surface area contributed by atoms with E-state index in [2.05, 4.69) is 4.98 Å². The number of carbonyl (C=O) groups excluding carboxylic acids is 2. The van der Waals surface area contributed by atoms with Crippen molar-refractivity contribution in [2.24, 2.45) is 11.8 Å². The van der Waals surface area contributed by atoms with Crippen LogP contribution >= 0.6 is 0 Å². The highest BCUT2D eigenvalue weighted by Crippen LogP contribution is 2.20. The van der Waals surface area contributed by atoms with E-state index in [0.29, 0.717) is 5.69 Å². The lowest BCUT2D eigenvalue weighted by Crippen LogP contribution is -2.31. The second-order valence-corrected chi connectivity index (χ2v) is 4.79. The van der Waals surface area contributed by atoms with Gasteiger partial charge in [-0.3, -0.25) is 14.6 Å². The van der Waals surface area contributed by atoms with Gasteiger partial charge in [-0.05, 0) is 30.9 Å². The van der Waals surface area contributed by atoms with Crippen molar-refractivity contribution in [2.75, 3.05) is 7.11 Å². The standard InChI is InChI=1S/C14H19NO3/c1-8(2)11(14(17)18-5)13(16)12-10(4)6-9(3)7-15-12/h6-8,11H,1-5H3. The van der Waals surface area contributed by atoms with Crippen LogP contribution in [0.15, 0.2) is 12.3 Å². The van der Waals surface area contributed by atoms with Crippen LogP contribution in [0.1, 0.15) is 35.5 Å². The van der Waals surface area contributed by atoms with Crippen molar-refractivity contribution in [2.45, 2.75) is 27.7 Å². The summed E-state index contributed by atoms with van der Waals surface area (Å²) < 4.78 is 4.69. The molecule has 1 heterocycles. The molecule has 0 aliphatic heterocycles. The maximum atomic E-state index is 12.4. The van der Waals surface area contributed by atoms with Gasteiger partial charge in [-0.1, -0.05) is 19.9 Å². The van der Waals surface area contributed by atoms with Crippen molar-refractivity contribution in [3.63, 3.8) is 0 Å². The summed E-state index contributed by atoms with van der Waals surface area (Å²) in [7, 11) is 1.29. The van der Waals surface area contributed by atoms with Gasteiger partial charge in [-0.2, -0.15) is 0 Å². The van der Waals surface area contributed by atoms with Crippen LogP contribution in [0.2, 0.25) is 0 Å². The van der Waals surface area contributed by atoms with Gasteiger partial charge in [0.1, 0.15) is 11.6 Å². The summed E-state index contributed by atoms with van der Waals surface area (Å²) in [5.41, 5.74) is 2.13. The Labute approximate surface area is 107 Å². The average molecular weight is 249 g/mol. The molecule has 0 spiro atoms. The lowest BCUT2D eigenvalue weighted by Gasteiger charge is -2.17. The molecule has 0 fully saturated rings. The Morgan fingerprint density at radius 3 is 2.33 bits per heavy atom. The third-order valence-electron chi connectivity index (χ3n) is 2.85. The minimum absolute atomic E-state index is 0.118. The number of carbonyl (C=O) groups is 2. The van der Waals surface area contributed by atoms with Gasteiger partial charge in [0.05, 0.1) is 7.11 Å². The minimum Gasteiger partial charge on any atom is -0.468 e. The number of ketones is 1. The van der Waals surface area contributed by atoms with Crippen LogP contribution in [-0.2, 0) is 9.53 Å². The third kappa shape index (κ3) is 2.94. The molecule has 0 saturated carbocycles. The van der Waals surface area contributed by atoms with E-state index in [-0.39, 0.29) is 11.7 Å². The molecule has 1 aromatic heterocycles. The normalized spacial score (nSPS) is 12.3. The lowest BCUT2D eigenvalue weighted by molar-refractivity contribution is -0.144. The molecule has 0 radical (unpaired) electrons. The van der Waals surface area contributed by atoms with Crippen LogP contribution < -0.4 is 0 Å². The SMILES string of the molecule is COC(=O)C(C(=O)c1ncc(C)cc1C)C(C)C. The molecule has 4 heteroatoms. The van der Waals surface area contributed by atoms with Gasteiger partial charge in [0.25, 0.3) is 0 Å². The van der Waals surface area contributed by atoms with Crippen molar-refractivity contribution in [3.05, 3.63) is 29.1 Å². The Morgan fingerprint density at radius 1 is 1.28 bits per heavy atom. The summed E-state index contributed by atoms with van der Waals surface area (Å²) in [5.74, 6) is -1.68. The van der Waals surface area contributed by atoms with Crippen molar-refractivity contribution in [1.29, 1.82) is 0 Å². The molecule has 1 unspecified atom stereocenters. The van der Waals surface area contributed by atoms with Crippen LogP contribution in [0.4, 0.5) is 0 Å². The van der Waals surface area contributed by atoms with Crippen LogP contribution in [0.25, 0.3) is 0 Å². The van der Waals surface area contributed by atoms with E-state index in [0.717, 1.165) is 11.1 Å². The van der Waals surface area contributed by atoms with E-state index in [1.54, 1.807) is 6.20 Å². The summed E-state index contributed by atoms with van der Waals surface area (Å²) in [6.45, 7) is 7.38. The number of rotatable bonds is 4. The molecule has 18 heavy (non-hydrogen) atoms. The molecule has 1 atom stereocenters. The van der Waals surface area contributed by atoms with Crippen LogP contribution in [0.5, 0.6) is 0 Å². The fourth-order valence-corrected chi connectivity index (χ4v) is 1.93. The van der Waals surface area contributed by atoms with Crippen molar-refractivity contribution in [3.8, 4) is 0 Å². The quantitative estimate of drug-likeness (QED) is 0.467. The lowest BCUT2D eigenvalue weighted by atomic mass is 9.88. The van der Waals surface area contributed by atoms with Gasteiger partial charge in [-0.15, -0.1) is 0 Å². The molecule has 0 aromatic carbocycles. The topological polar surface area (TPSA) is 56.3 Å². The molecule has 1 rings (SSSR count). The number of nitrogens with zero attached hydrogens (tertiary/aromatic N) is 1. The fourth-order valence-electron chi connectivity index (χ4n) is 1.93. The zero-order valence-electron chi connectivity index (χ0n) is 11.5. The van der Waals surface area contributed by atoms with Gasteiger partial charge in [0, 0.05) is 6.20 Å². The second kappa shape index (κ2) is 5.76. The first-order valence-electron chi connectivity index (χ1n) is 5.93. The van der Waals surface area contributed by atoms with E-state index >= 15 is 0 Å². The molecular formula is C14H19NO3. The maximum Gasteiger partial charge on any atom is 0.316 e. The minimum atomic E-state index is -0.788. The van der Waals surface area contributed by atoms with Crippen LogP contribution in [-0.4, -0.2) is 23.8 Å². The number of methoxy groups -OCH3 is 1. The summed E-state index contributed by atoms with van der Waals surface area (Å²) in [6.07, 6.45) is 1.63. The van der Waals surface area contributed by atoms with E-state index in [1.807, 2.05) is 33.8 Å². The fraction of sp³-hybridized carbons (Fsp3) is 0.500. The molecule has 0 aliphatic carbocycles. The van der Waals surface area contributed by atoms with E-state index < -0.39 is 11.9 Å². The van der Waals surface area contributed by atoms with Crippen LogP contribution in [0.3, 0.4) is 0 Å². The van der Waals surface area contributed by atoms with Crippen LogP contribution in [0, 0.1) is 25.7 Å². The third-order valence-corrected chi connectivity index (χ3v) is 2.85. The highest BCUT2D eigenvalue weighted by Gasteiger charge is 2.33. The molecule has 0 amide bonds. The highest BCUT2D eigenvalue weighted by molar-refractivity contribution is 6.08. The van der Waals surface area contributed by atoms with Gasteiger partial charge in [0.2, 0.25) is 0 Å². The molecule has 0 N–H and O–H groups in total. The van der Waals surface area contributed by atoms with Gasteiger partial charge >= 0.3 is 5.97 Å². The predicted molar refractivity (Wildman–Crippen MR) is 68.4 cm³/mol. The number of esters is 1. The largest absolute Gasteiger partial charge is 0.468 e. The smallest absolute Gasteiger partial charge is 0.316 e. The van der Waals surface area contributed by atoms with Crippen molar-refractivity contribution >= 4 is 11.8 Å². The van der Waals surface area contributed by atoms with E-state index in [9.17, 15) is 9.59 Å². The number of pyridine rings is 1. The molecule has 0 saturated heterocycles. The van der Waals surface area contributed by atoms with Crippen molar-refractivity contribution < 1.29 is 14.3 Å². The molecule has 1 aromatic rings. The molecule has 4 nitrogen and oxygen atoms in total. The van der Waals surface area contributed by atoms with Gasteiger partial charge < -0.3 is 4.74 Å². The average Bonchev–Trinajstić information content (AvgIpc) is 2.28. The number of hydrogen-bond donors (Lipinski definition) is 0. The van der Waals surface area contributed by atoms with Gasteiger partial charge in [0.15, 0.2) is 5.78 Å². The predicted octanol–water partition coefficient (Wildman–Crippen LogP) is 2.33. The molecule has 0 aliphatic rings. The Morgan fingerprint density at radius 2 is 1.89 bits per heavy atom. The Kier molecular flexibility index (Phi) is 4.59. The molecular weight excluding hydrogens is 230 g/mol. The van der Waals surface area contributed by atoms with Crippen molar-refractivity contribution in [1.82, 2.24) is 4.98 Å². The highest BCUT2D eigenvalue weighted by atomic mass is 16.5. The van der Waals surface area contributed by atoms with E-state index in [1.165, 1.54) is 7.11 Å². The van der Waals surface area contributed by atoms with E-state index in [4.69, 9.17) is 4.74 Å². The monoisotopic (exact) mass is 249 g/mol. The Hall–Kier alpha value is -1.71. The molecule has 0 bridgehead atoms. The zero-order valence-corrected chi connectivity index (χ0v) is 11.5. The van der Waals surface area contributed by atoms with Gasteiger partial charge in [-0.25, -0.2) is 0 Å². The maximum absolute atomic E-state index is 12.4. The Balaban J connectivity index is 3.14. The number of aryl methyl sites for hydroxylation is 2. The second-order valence-electron chi connectivity index (χ2n) is 4.79. The summed E-state index contributed by atoms with van der Waals surface area (Å²) in [4.78, 5) is 28.2. The summed E-state index contributed by atoms with van der Waals surface area (Å²) >= 11 is 0.